The van der Waals surface area contributed by atoms with Gasteiger partial charge < -0.3 is 0 Å². The molecular weight excluding hydrogens is 176 g/mol. The maximum absolute atomic E-state index is 4.12. The van der Waals surface area contributed by atoms with Crippen molar-refractivity contribution in [3.63, 3.8) is 0 Å². The van der Waals surface area contributed by atoms with Crippen LogP contribution in [-0.2, 0) is 0 Å². The first-order valence-corrected chi connectivity index (χ1v) is 4.17. The molecule has 0 unspecified atom stereocenters. The van der Waals surface area contributed by atoms with Crippen molar-refractivity contribution < 1.29 is 0 Å². The van der Waals surface area contributed by atoms with Crippen LogP contribution in [0.15, 0.2) is 47.8 Å². The minimum absolute atomic E-state index is 0.582. The third-order valence-corrected chi connectivity index (χ3v) is 1.55. The van der Waals surface area contributed by atoms with Crippen LogP contribution in [0.1, 0.15) is 5.82 Å². The molecule has 2 heterocycles. The van der Waals surface area contributed by atoms with Crippen molar-refractivity contribution in [3.05, 3.63) is 48.7 Å². The highest BCUT2D eigenvalue weighted by atomic mass is 14.9. The highest BCUT2D eigenvalue weighted by Crippen LogP contribution is 2.03. The summed E-state index contributed by atoms with van der Waals surface area (Å²) in [7, 11) is 0. The lowest BCUT2D eigenvalue weighted by Gasteiger charge is -1.90. The second-order valence-electron chi connectivity index (χ2n) is 2.55. The van der Waals surface area contributed by atoms with E-state index >= 15 is 0 Å². The van der Waals surface area contributed by atoms with Crippen LogP contribution < -0.4 is 0 Å². The number of aliphatic imine (C=N–C) groups is 1. The van der Waals surface area contributed by atoms with Crippen molar-refractivity contribution in [3.8, 4) is 0 Å². The molecule has 0 N–H and O–H groups in total. The number of hydrogen-bond acceptors (Lipinski definition) is 4. The third kappa shape index (κ3) is 2.20. The summed E-state index contributed by atoms with van der Waals surface area (Å²) in [5, 5.41) is 0. The van der Waals surface area contributed by atoms with Gasteiger partial charge in [0.1, 0.15) is 0 Å². The van der Waals surface area contributed by atoms with E-state index in [0.717, 1.165) is 0 Å². The minimum Gasteiger partial charge on any atom is -0.237 e. The van der Waals surface area contributed by atoms with E-state index < -0.39 is 0 Å². The number of nitrogens with zero attached hydrogens (tertiary/aromatic N) is 4. The van der Waals surface area contributed by atoms with Crippen molar-refractivity contribution in [1.82, 2.24) is 15.0 Å². The second kappa shape index (κ2) is 4.23. The van der Waals surface area contributed by atoms with Gasteiger partial charge in [0.15, 0.2) is 11.6 Å². The SMILES string of the molecule is C(=N\c1ccccn1)/c1ncccn1. The predicted molar refractivity (Wildman–Crippen MR) is 53.5 cm³/mol. The molecule has 68 valence electrons. The number of hydrogen-bond donors (Lipinski definition) is 0. The Hall–Kier alpha value is -2.10. The van der Waals surface area contributed by atoms with Gasteiger partial charge in [-0.3, -0.25) is 0 Å². The number of rotatable bonds is 2. The molecule has 0 aliphatic rings. The van der Waals surface area contributed by atoms with Gasteiger partial charge in [-0.05, 0) is 18.2 Å². The molecule has 14 heavy (non-hydrogen) atoms. The summed E-state index contributed by atoms with van der Waals surface area (Å²) < 4.78 is 0. The first-order valence-electron chi connectivity index (χ1n) is 4.17. The largest absolute Gasteiger partial charge is 0.237 e. The summed E-state index contributed by atoms with van der Waals surface area (Å²) in [4.78, 5) is 16.2. The van der Waals surface area contributed by atoms with Crippen LogP contribution >= 0.6 is 0 Å². The van der Waals surface area contributed by atoms with Gasteiger partial charge in [0.05, 0.1) is 6.21 Å². The molecule has 2 aromatic heterocycles. The summed E-state index contributed by atoms with van der Waals surface area (Å²) in [6, 6.07) is 7.31. The molecule has 2 aromatic rings. The summed E-state index contributed by atoms with van der Waals surface area (Å²) >= 11 is 0. The topological polar surface area (TPSA) is 51.0 Å². The first-order chi connectivity index (χ1) is 6.95. The average molecular weight is 184 g/mol. The maximum atomic E-state index is 4.12. The molecule has 0 spiro atoms. The molecule has 0 radical (unpaired) electrons. The number of pyridine rings is 1. The Bertz CT molecular complexity index is 369. The van der Waals surface area contributed by atoms with Crippen molar-refractivity contribution in [1.29, 1.82) is 0 Å². The highest BCUT2D eigenvalue weighted by molar-refractivity contribution is 5.76. The van der Waals surface area contributed by atoms with Crippen LogP contribution in [0.2, 0.25) is 0 Å². The molecule has 0 bridgehead atoms. The Kier molecular flexibility index (Phi) is 2.56. The molecule has 0 aliphatic heterocycles. The molecule has 0 atom stereocenters. The molecule has 0 fully saturated rings. The zero-order valence-electron chi connectivity index (χ0n) is 7.41. The fourth-order valence-electron chi connectivity index (χ4n) is 0.931. The lowest BCUT2D eigenvalue weighted by Crippen LogP contribution is -1.89. The van der Waals surface area contributed by atoms with Gasteiger partial charge in [-0.15, -0.1) is 0 Å². The van der Waals surface area contributed by atoms with Gasteiger partial charge >= 0.3 is 0 Å². The van der Waals surface area contributed by atoms with E-state index in [2.05, 4.69) is 19.9 Å². The fourth-order valence-corrected chi connectivity index (χ4v) is 0.931. The Balaban J connectivity index is 2.16. The molecule has 0 saturated carbocycles. The van der Waals surface area contributed by atoms with Crippen LogP contribution in [-0.4, -0.2) is 21.2 Å². The Morgan fingerprint density at radius 3 is 2.43 bits per heavy atom. The lowest BCUT2D eigenvalue weighted by atomic mass is 10.5. The van der Waals surface area contributed by atoms with Crippen LogP contribution in [0.3, 0.4) is 0 Å². The first kappa shape index (κ1) is 8.50. The summed E-state index contributed by atoms with van der Waals surface area (Å²) in [6.45, 7) is 0. The standard InChI is InChI=1S/C10H8N4/c1-2-5-11-9(4-1)14-8-10-12-6-3-7-13-10/h1-8H/b14-8+. The highest BCUT2D eigenvalue weighted by Gasteiger charge is 1.88. The van der Waals surface area contributed by atoms with Crippen molar-refractivity contribution in [2.45, 2.75) is 0 Å². The van der Waals surface area contributed by atoms with E-state index in [1.54, 1.807) is 30.9 Å². The van der Waals surface area contributed by atoms with E-state index in [4.69, 9.17) is 0 Å². The van der Waals surface area contributed by atoms with Crippen molar-refractivity contribution in [2.75, 3.05) is 0 Å². The normalized spacial score (nSPS) is 10.6. The van der Waals surface area contributed by atoms with E-state index in [1.165, 1.54) is 0 Å². The summed E-state index contributed by atoms with van der Waals surface area (Å²) in [5.74, 6) is 1.23. The van der Waals surface area contributed by atoms with E-state index in [1.807, 2.05) is 18.2 Å². The van der Waals surface area contributed by atoms with Crippen molar-refractivity contribution in [2.24, 2.45) is 4.99 Å². The van der Waals surface area contributed by atoms with Crippen LogP contribution in [0, 0.1) is 0 Å². The fraction of sp³-hybridized carbons (Fsp3) is 0. The maximum Gasteiger partial charge on any atom is 0.170 e. The van der Waals surface area contributed by atoms with Gasteiger partial charge in [0, 0.05) is 18.6 Å². The van der Waals surface area contributed by atoms with Gasteiger partial charge in [-0.25, -0.2) is 19.9 Å². The molecule has 2 rings (SSSR count). The van der Waals surface area contributed by atoms with Crippen molar-refractivity contribution >= 4 is 12.0 Å². The van der Waals surface area contributed by atoms with E-state index in [-0.39, 0.29) is 0 Å². The molecular formula is C10H8N4. The Morgan fingerprint density at radius 2 is 1.71 bits per heavy atom. The van der Waals surface area contributed by atoms with E-state index in [0.29, 0.717) is 11.6 Å². The quantitative estimate of drug-likeness (QED) is 0.666. The third-order valence-electron chi connectivity index (χ3n) is 1.55. The van der Waals surface area contributed by atoms with E-state index in [9.17, 15) is 0 Å². The monoisotopic (exact) mass is 184 g/mol. The summed E-state index contributed by atoms with van der Waals surface area (Å²) in [6.07, 6.45) is 6.63. The predicted octanol–water partition coefficient (Wildman–Crippen LogP) is 1.62. The average Bonchev–Trinajstić information content (AvgIpc) is 2.29. The zero-order valence-corrected chi connectivity index (χ0v) is 7.41. The van der Waals surface area contributed by atoms with Crippen LogP contribution in [0.4, 0.5) is 5.82 Å². The number of aromatic nitrogens is 3. The zero-order chi connectivity index (χ0) is 9.64. The lowest BCUT2D eigenvalue weighted by molar-refractivity contribution is 1.14. The van der Waals surface area contributed by atoms with Gasteiger partial charge in [0.25, 0.3) is 0 Å². The minimum atomic E-state index is 0.582. The smallest absolute Gasteiger partial charge is 0.170 e. The Labute approximate surface area is 81.4 Å². The molecule has 0 saturated heterocycles. The van der Waals surface area contributed by atoms with Crippen LogP contribution in [0.5, 0.6) is 0 Å². The van der Waals surface area contributed by atoms with Gasteiger partial charge in [0.2, 0.25) is 0 Å². The van der Waals surface area contributed by atoms with Gasteiger partial charge in [-0.1, -0.05) is 6.07 Å². The van der Waals surface area contributed by atoms with Crippen LogP contribution in [0.25, 0.3) is 0 Å². The molecule has 0 aromatic carbocycles. The molecule has 4 heteroatoms. The Morgan fingerprint density at radius 1 is 0.929 bits per heavy atom. The molecule has 0 aliphatic carbocycles. The molecule has 4 nitrogen and oxygen atoms in total. The molecule has 0 amide bonds. The second-order valence-corrected chi connectivity index (χ2v) is 2.55. The summed E-state index contributed by atoms with van der Waals surface area (Å²) in [5.41, 5.74) is 0. The van der Waals surface area contributed by atoms with Gasteiger partial charge in [-0.2, -0.15) is 0 Å².